The summed E-state index contributed by atoms with van der Waals surface area (Å²) in [5.74, 6) is 1.27. The van der Waals surface area contributed by atoms with Crippen LogP contribution < -0.4 is 14.8 Å². The maximum Gasteiger partial charge on any atom is 0.251 e. The molecule has 142 valence electrons. The molecule has 10 heteroatoms. The molecule has 0 radical (unpaired) electrons. The summed E-state index contributed by atoms with van der Waals surface area (Å²) in [6, 6.07) is 5.13. The molecular weight excluding hydrogens is 352 g/mol. The number of carbonyl (C=O) groups is 2. The Labute approximate surface area is 155 Å². The van der Waals surface area contributed by atoms with Crippen molar-refractivity contribution >= 4 is 11.8 Å². The van der Waals surface area contributed by atoms with Crippen molar-refractivity contribution in [2.45, 2.75) is 19.4 Å². The molecule has 2 aromatic rings. The van der Waals surface area contributed by atoms with E-state index in [0.717, 1.165) is 12.8 Å². The molecule has 1 unspecified atom stereocenters. The van der Waals surface area contributed by atoms with Gasteiger partial charge in [0.1, 0.15) is 12.9 Å². The van der Waals surface area contributed by atoms with Gasteiger partial charge in [-0.15, -0.1) is 5.10 Å². The number of ether oxygens (including phenoxy) is 2. The van der Waals surface area contributed by atoms with Gasteiger partial charge in [0.2, 0.25) is 12.7 Å². The molecule has 3 heterocycles. The van der Waals surface area contributed by atoms with Crippen LogP contribution in [-0.4, -0.2) is 63.3 Å². The predicted molar refractivity (Wildman–Crippen MR) is 92.0 cm³/mol. The Balaban J connectivity index is 1.29. The second-order valence-corrected chi connectivity index (χ2v) is 6.63. The van der Waals surface area contributed by atoms with E-state index in [-0.39, 0.29) is 31.1 Å². The van der Waals surface area contributed by atoms with Crippen LogP contribution in [0.3, 0.4) is 0 Å². The lowest BCUT2D eigenvalue weighted by molar-refractivity contribution is -0.133. The van der Waals surface area contributed by atoms with Crippen molar-refractivity contribution in [3.8, 4) is 11.5 Å². The number of nitrogens with one attached hydrogen (secondary N) is 1. The number of hydrogen-bond donors (Lipinski definition) is 1. The molecule has 10 nitrogen and oxygen atoms in total. The minimum atomic E-state index is -0.162. The fourth-order valence-electron chi connectivity index (χ4n) is 3.33. The minimum Gasteiger partial charge on any atom is -0.454 e. The van der Waals surface area contributed by atoms with Crippen LogP contribution >= 0.6 is 0 Å². The largest absolute Gasteiger partial charge is 0.454 e. The lowest BCUT2D eigenvalue weighted by atomic mass is 9.97. The number of piperidine rings is 1. The summed E-state index contributed by atoms with van der Waals surface area (Å²) >= 11 is 0. The summed E-state index contributed by atoms with van der Waals surface area (Å²) in [5, 5.41) is 13.7. The number of tetrazole rings is 1. The first kappa shape index (κ1) is 17.3. The first-order valence-corrected chi connectivity index (χ1v) is 8.85. The van der Waals surface area contributed by atoms with Gasteiger partial charge in [-0.2, -0.15) is 0 Å². The van der Waals surface area contributed by atoms with E-state index in [1.165, 1.54) is 11.0 Å². The number of fused-ring (bicyclic) bond motifs is 1. The lowest BCUT2D eigenvalue weighted by Crippen LogP contribution is -2.44. The second-order valence-electron chi connectivity index (χ2n) is 6.63. The zero-order valence-electron chi connectivity index (χ0n) is 14.7. The molecule has 1 aromatic carbocycles. The number of hydrogen-bond acceptors (Lipinski definition) is 7. The predicted octanol–water partition coefficient (Wildman–Crippen LogP) is 0.0704. The number of nitrogens with zero attached hydrogens (tertiary/aromatic N) is 5. The van der Waals surface area contributed by atoms with Crippen molar-refractivity contribution in [1.82, 2.24) is 30.4 Å². The molecule has 0 bridgehead atoms. The zero-order valence-corrected chi connectivity index (χ0v) is 14.7. The quantitative estimate of drug-likeness (QED) is 0.790. The van der Waals surface area contributed by atoms with Crippen LogP contribution in [0.2, 0.25) is 0 Å². The summed E-state index contributed by atoms with van der Waals surface area (Å²) in [6.07, 6.45) is 3.30. The fraction of sp³-hybridized carbons (Fsp3) is 0.471. The first-order chi connectivity index (χ1) is 13.2. The SMILES string of the molecule is O=C(NCC1CCCN(C(=O)Cn2cnnn2)C1)c1ccc2c(c1)OCO2. The molecule has 0 saturated carbocycles. The average Bonchev–Trinajstić information content (AvgIpc) is 3.37. The van der Waals surface area contributed by atoms with Gasteiger partial charge in [0.25, 0.3) is 5.91 Å². The van der Waals surface area contributed by atoms with Crippen LogP contribution in [0.5, 0.6) is 11.5 Å². The van der Waals surface area contributed by atoms with Gasteiger partial charge in [-0.3, -0.25) is 9.59 Å². The molecule has 1 aromatic heterocycles. The third-order valence-electron chi connectivity index (χ3n) is 4.75. The van der Waals surface area contributed by atoms with E-state index in [1.807, 2.05) is 4.90 Å². The molecule has 1 fully saturated rings. The van der Waals surface area contributed by atoms with Gasteiger partial charge in [-0.25, -0.2) is 4.68 Å². The summed E-state index contributed by atoms with van der Waals surface area (Å²) in [6.45, 7) is 2.15. The molecular formula is C17H20N6O4. The van der Waals surface area contributed by atoms with Gasteiger partial charge in [0.05, 0.1) is 0 Å². The monoisotopic (exact) mass is 372 g/mol. The number of amides is 2. The highest BCUT2D eigenvalue weighted by Crippen LogP contribution is 2.32. The Morgan fingerprint density at radius 1 is 1.26 bits per heavy atom. The summed E-state index contributed by atoms with van der Waals surface area (Å²) in [5.41, 5.74) is 0.529. The van der Waals surface area contributed by atoms with Gasteiger partial charge in [-0.05, 0) is 47.4 Å². The molecule has 2 aliphatic rings. The molecule has 27 heavy (non-hydrogen) atoms. The Kier molecular flexibility index (Phi) is 4.86. The summed E-state index contributed by atoms with van der Waals surface area (Å²) in [4.78, 5) is 26.6. The van der Waals surface area contributed by atoms with E-state index >= 15 is 0 Å². The fourth-order valence-corrected chi connectivity index (χ4v) is 3.33. The molecule has 1 N–H and O–H groups in total. The molecule has 2 aliphatic heterocycles. The zero-order chi connectivity index (χ0) is 18.6. The van der Waals surface area contributed by atoms with E-state index in [4.69, 9.17) is 9.47 Å². The van der Waals surface area contributed by atoms with Crippen molar-refractivity contribution in [1.29, 1.82) is 0 Å². The number of likely N-dealkylation sites (tertiary alicyclic amines) is 1. The van der Waals surface area contributed by atoms with E-state index in [0.29, 0.717) is 36.7 Å². The van der Waals surface area contributed by atoms with Gasteiger partial charge >= 0.3 is 0 Å². The van der Waals surface area contributed by atoms with Crippen LogP contribution in [-0.2, 0) is 11.3 Å². The van der Waals surface area contributed by atoms with Crippen molar-refractivity contribution in [3.63, 3.8) is 0 Å². The summed E-state index contributed by atoms with van der Waals surface area (Å²) < 4.78 is 12.0. The third-order valence-corrected chi connectivity index (χ3v) is 4.75. The van der Waals surface area contributed by atoms with E-state index in [1.54, 1.807) is 18.2 Å². The van der Waals surface area contributed by atoms with Gasteiger partial charge in [-0.1, -0.05) is 0 Å². The highest BCUT2D eigenvalue weighted by molar-refractivity contribution is 5.94. The molecule has 0 spiro atoms. The van der Waals surface area contributed by atoms with Gasteiger partial charge in [0, 0.05) is 25.2 Å². The smallest absolute Gasteiger partial charge is 0.251 e. The van der Waals surface area contributed by atoms with Crippen LogP contribution in [0.1, 0.15) is 23.2 Å². The van der Waals surface area contributed by atoms with Crippen LogP contribution in [0.25, 0.3) is 0 Å². The maximum atomic E-state index is 12.4. The third kappa shape index (κ3) is 3.99. The average molecular weight is 372 g/mol. The van der Waals surface area contributed by atoms with Gasteiger partial charge in [0.15, 0.2) is 11.5 Å². The lowest BCUT2D eigenvalue weighted by Gasteiger charge is -2.32. The Morgan fingerprint density at radius 3 is 3.00 bits per heavy atom. The van der Waals surface area contributed by atoms with E-state index < -0.39 is 0 Å². The normalized spacial score (nSPS) is 18.4. The molecule has 1 saturated heterocycles. The highest BCUT2D eigenvalue weighted by Gasteiger charge is 2.25. The maximum absolute atomic E-state index is 12.4. The minimum absolute atomic E-state index is 0.0194. The topological polar surface area (TPSA) is 111 Å². The number of aromatic nitrogens is 4. The number of benzene rings is 1. The van der Waals surface area contributed by atoms with Crippen molar-refractivity contribution in [2.24, 2.45) is 5.92 Å². The Bertz CT molecular complexity index is 825. The first-order valence-electron chi connectivity index (χ1n) is 8.85. The Hall–Kier alpha value is -3.17. The number of rotatable bonds is 5. The van der Waals surface area contributed by atoms with Crippen molar-refractivity contribution < 1.29 is 19.1 Å². The Morgan fingerprint density at radius 2 is 2.15 bits per heavy atom. The standard InChI is InChI=1S/C17H20N6O4/c24-16(9-23-10-19-20-21-23)22-5-1-2-12(8-22)7-18-17(25)13-3-4-14-15(6-13)27-11-26-14/h3-4,6,10,12H,1-2,5,7-9,11H2,(H,18,25). The van der Waals surface area contributed by atoms with Crippen molar-refractivity contribution in [3.05, 3.63) is 30.1 Å². The van der Waals surface area contributed by atoms with Gasteiger partial charge < -0.3 is 19.7 Å². The van der Waals surface area contributed by atoms with E-state index in [2.05, 4.69) is 20.8 Å². The number of carbonyl (C=O) groups excluding carboxylic acids is 2. The second kappa shape index (κ2) is 7.60. The molecule has 2 amide bonds. The van der Waals surface area contributed by atoms with Crippen LogP contribution in [0, 0.1) is 5.92 Å². The van der Waals surface area contributed by atoms with Crippen LogP contribution in [0.15, 0.2) is 24.5 Å². The highest BCUT2D eigenvalue weighted by atomic mass is 16.7. The van der Waals surface area contributed by atoms with Crippen molar-refractivity contribution in [2.75, 3.05) is 26.4 Å². The molecule has 1 atom stereocenters. The molecule has 0 aliphatic carbocycles. The molecule has 4 rings (SSSR count). The summed E-state index contributed by atoms with van der Waals surface area (Å²) in [7, 11) is 0. The van der Waals surface area contributed by atoms with Crippen LogP contribution in [0.4, 0.5) is 0 Å². The van der Waals surface area contributed by atoms with E-state index in [9.17, 15) is 9.59 Å².